The van der Waals surface area contributed by atoms with Gasteiger partial charge in [-0.05, 0) is 30.3 Å². The van der Waals surface area contributed by atoms with Crippen molar-refractivity contribution in [3.8, 4) is 0 Å². The minimum Gasteiger partial charge on any atom is -0.369 e. The fourth-order valence-corrected chi connectivity index (χ4v) is 3.77. The molecule has 0 fully saturated rings. The van der Waals surface area contributed by atoms with Crippen LogP contribution in [0.25, 0.3) is 0 Å². The zero-order valence-electron chi connectivity index (χ0n) is 15.1. The van der Waals surface area contributed by atoms with Gasteiger partial charge in [0.05, 0.1) is 16.1 Å². The van der Waals surface area contributed by atoms with E-state index in [1.54, 1.807) is 0 Å². The summed E-state index contributed by atoms with van der Waals surface area (Å²) in [6.45, 7) is 0. The van der Waals surface area contributed by atoms with E-state index in [9.17, 15) is 53.0 Å². The van der Waals surface area contributed by atoms with Crippen molar-refractivity contribution in [3.05, 3.63) is 59.7 Å². The highest BCUT2D eigenvalue weighted by Crippen LogP contribution is 2.50. The van der Waals surface area contributed by atoms with Crippen molar-refractivity contribution in [1.82, 2.24) is 0 Å². The highest BCUT2D eigenvalue weighted by Gasteiger charge is 2.71. The minimum absolute atomic E-state index is 0.217. The Kier molecular flexibility index (Phi) is 6.06. The molecule has 14 heteroatoms. The molecule has 2 rings (SSSR count). The number of halogens is 9. The molecule has 0 spiro atoms. The van der Waals surface area contributed by atoms with Crippen LogP contribution in [-0.2, 0) is 21.8 Å². The van der Waals surface area contributed by atoms with Gasteiger partial charge in [0, 0.05) is 12.6 Å². The Bertz CT molecular complexity index is 1030. The number of benzene rings is 2. The Morgan fingerprint density at radius 2 is 1.26 bits per heavy atom. The van der Waals surface area contributed by atoms with Gasteiger partial charge in [-0.25, -0.2) is 8.42 Å². The van der Waals surface area contributed by atoms with Crippen LogP contribution in [0.2, 0.25) is 0 Å². The standard InChI is InChI=1S/C17H12F9NO3S/c1-27(31(29,30)13-4-2-3-11(9-13)15(18,19)20)12-7-5-10(6-8-12)14(28,16(21,22)23)17(24,25)26/h2-9,28H,1H3. The molecular formula is C17H12F9NO3S. The summed E-state index contributed by atoms with van der Waals surface area (Å²) in [5, 5.41) is 9.34. The largest absolute Gasteiger partial charge is 0.430 e. The maximum Gasteiger partial charge on any atom is 0.430 e. The summed E-state index contributed by atoms with van der Waals surface area (Å²) in [4.78, 5) is -0.809. The number of anilines is 1. The number of hydrogen-bond donors (Lipinski definition) is 1. The Labute approximate surface area is 169 Å². The van der Waals surface area contributed by atoms with Crippen LogP contribution in [-0.4, -0.2) is 32.9 Å². The average molecular weight is 481 g/mol. The molecule has 172 valence electrons. The predicted octanol–water partition coefficient (Wildman–Crippen LogP) is 4.84. The van der Waals surface area contributed by atoms with Crippen LogP contribution in [0.15, 0.2) is 53.4 Å². The normalized spacial score (nSPS) is 13.9. The maximum atomic E-state index is 12.9. The van der Waals surface area contributed by atoms with E-state index in [-0.39, 0.29) is 12.1 Å². The fraction of sp³-hybridized carbons (Fsp3) is 0.294. The second kappa shape index (κ2) is 7.58. The molecule has 0 aliphatic rings. The number of alkyl halides is 9. The molecule has 2 aromatic rings. The molecule has 0 aliphatic carbocycles. The van der Waals surface area contributed by atoms with E-state index in [4.69, 9.17) is 0 Å². The van der Waals surface area contributed by atoms with Gasteiger partial charge in [0.25, 0.3) is 15.6 Å². The summed E-state index contributed by atoms with van der Waals surface area (Å²) < 4.78 is 141. The maximum absolute atomic E-state index is 12.9. The molecule has 0 aliphatic heterocycles. The van der Waals surface area contributed by atoms with Crippen LogP contribution < -0.4 is 4.31 Å². The van der Waals surface area contributed by atoms with E-state index < -0.39 is 55.9 Å². The zero-order valence-corrected chi connectivity index (χ0v) is 16.0. The topological polar surface area (TPSA) is 57.6 Å². The zero-order chi connectivity index (χ0) is 24.0. The quantitative estimate of drug-likeness (QED) is 0.636. The van der Waals surface area contributed by atoms with Gasteiger partial charge < -0.3 is 5.11 Å². The van der Waals surface area contributed by atoms with E-state index in [0.29, 0.717) is 28.6 Å². The van der Waals surface area contributed by atoms with Crippen LogP contribution in [0.5, 0.6) is 0 Å². The first-order valence-corrected chi connectivity index (χ1v) is 9.40. The van der Waals surface area contributed by atoms with E-state index in [2.05, 4.69) is 0 Å². The third-order valence-corrected chi connectivity index (χ3v) is 6.07. The number of hydrogen-bond acceptors (Lipinski definition) is 3. The molecule has 0 bridgehead atoms. The number of rotatable bonds is 4. The average Bonchev–Trinajstić information content (AvgIpc) is 2.64. The minimum atomic E-state index is -6.14. The molecule has 31 heavy (non-hydrogen) atoms. The van der Waals surface area contributed by atoms with Gasteiger partial charge in [-0.1, -0.05) is 18.2 Å². The van der Waals surface area contributed by atoms with Gasteiger partial charge in [0.2, 0.25) is 0 Å². The Hall–Kier alpha value is -2.48. The molecule has 1 N–H and O–H groups in total. The summed E-state index contributed by atoms with van der Waals surface area (Å²) in [6.07, 6.45) is -17.1. The van der Waals surface area contributed by atoms with Crippen LogP contribution >= 0.6 is 0 Å². The molecule has 0 radical (unpaired) electrons. The summed E-state index contributed by atoms with van der Waals surface area (Å²) in [6, 6.07) is 4.12. The SMILES string of the molecule is CN(c1ccc(C(O)(C(F)(F)F)C(F)(F)F)cc1)S(=O)(=O)c1cccc(C(F)(F)F)c1. The lowest BCUT2D eigenvalue weighted by Crippen LogP contribution is -2.53. The molecule has 4 nitrogen and oxygen atoms in total. The van der Waals surface area contributed by atoms with Crippen molar-refractivity contribution < 1.29 is 53.0 Å². The van der Waals surface area contributed by atoms with E-state index in [1.807, 2.05) is 0 Å². The summed E-state index contributed by atoms with van der Waals surface area (Å²) >= 11 is 0. The number of aliphatic hydroxyl groups is 1. The lowest BCUT2D eigenvalue weighted by Gasteiger charge is -2.33. The van der Waals surface area contributed by atoms with Crippen LogP contribution in [0, 0.1) is 0 Å². The Morgan fingerprint density at radius 1 is 0.774 bits per heavy atom. The molecule has 0 atom stereocenters. The fourth-order valence-electron chi connectivity index (χ4n) is 2.53. The third-order valence-electron chi connectivity index (χ3n) is 4.29. The van der Waals surface area contributed by atoms with Crippen LogP contribution in [0.1, 0.15) is 11.1 Å². The summed E-state index contributed by atoms with van der Waals surface area (Å²) in [5.41, 5.74) is -8.58. The first kappa shape index (κ1) is 24.8. The van der Waals surface area contributed by atoms with Gasteiger partial charge in [-0.3, -0.25) is 4.31 Å². The second-order valence-corrected chi connectivity index (χ2v) is 8.22. The van der Waals surface area contributed by atoms with Crippen molar-refractivity contribution in [3.63, 3.8) is 0 Å². The lowest BCUT2D eigenvalue weighted by molar-refractivity contribution is -0.376. The Morgan fingerprint density at radius 3 is 1.68 bits per heavy atom. The second-order valence-electron chi connectivity index (χ2n) is 6.25. The van der Waals surface area contributed by atoms with E-state index in [1.165, 1.54) is 0 Å². The van der Waals surface area contributed by atoms with Crippen molar-refractivity contribution in [2.45, 2.75) is 29.0 Å². The summed E-state index contributed by atoms with van der Waals surface area (Å²) in [5.74, 6) is 0. The lowest BCUT2D eigenvalue weighted by atomic mass is 9.92. The Balaban J connectivity index is 2.47. The number of sulfonamides is 1. The van der Waals surface area contributed by atoms with E-state index in [0.717, 1.165) is 19.2 Å². The van der Waals surface area contributed by atoms with Gasteiger partial charge in [-0.2, -0.15) is 39.5 Å². The van der Waals surface area contributed by atoms with Gasteiger partial charge in [0.15, 0.2) is 0 Å². The van der Waals surface area contributed by atoms with Crippen molar-refractivity contribution in [1.29, 1.82) is 0 Å². The molecule has 0 saturated heterocycles. The predicted molar refractivity (Wildman–Crippen MR) is 89.5 cm³/mol. The van der Waals surface area contributed by atoms with Gasteiger partial charge >= 0.3 is 18.5 Å². The highest BCUT2D eigenvalue weighted by atomic mass is 32.2. The van der Waals surface area contributed by atoms with Crippen molar-refractivity contribution in [2.75, 3.05) is 11.4 Å². The van der Waals surface area contributed by atoms with Crippen molar-refractivity contribution in [2.24, 2.45) is 0 Å². The van der Waals surface area contributed by atoms with Crippen molar-refractivity contribution >= 4 is 15.7 Å². The molecule has 0 aromatic heterocycles. The highest BCUT2D eigenvalue weighted by molar-refractivity contribution is 7.92. The van der Waals surface area contributed by atoms with E-state index >= 15 is 0 Å². The van der Waals surface area contributed by atoms with Crippen LogP contribution in [0.4, 0.5) is 45.2 Å². The third kappa shape index (κ3) is 4.44. The van der Waals surface area contributed by atoms with Gasteiger partial charge in [0.1, 0.15) is 0 Å². The number of nitrogens with zero attached hydrogens (tertiary/aromatic N) is 1. The first-order chi connectivity index (χ1) is 13.8. The van der Waals surface area contributed by atoms with Gasteiger partial charge in [-0.15, -0.1) is 0 Å². The smallest absolute Gasteiger partial charge is 0.369 e. The monoisotopic (exact) mass is 481 g/mol. The molecule has 0 saturated carbocycles. The molecule has 0 unspecified atom stereocenters. The molecule has 0 heterocycles. The first-order valence-electron chi connectivity index (χ1n) is 7.96. The molecule has 2 aromatic carbocycles. The summed E-state index contributed by atoms with van der Waals surface area (Å²) in [7, 11) is -3.82. The van der Waals surface area contributed by atoms with Crippen LogP contribution in [0.3, 0.4) is 0 Å². The molecular weight excluding hydrogens is 469 g/mol. The molecule has 0 amide bonds.